The number of phenols is 1. The van der Waals surface area contributed by atoms with Gasteiger partial charge in [-0.05, 0) is 205 Å². The molecule has 0 aromatic heterocycles. The van der Waals surface area contributed by atoms with Crippen LogP contribution in [-0.2, 0) is 80.0 Å². The van der Waals surface area contributed by atoms with Crippen LogP contribution in [0.3, 0.4) is 0 Å². The number of ether oxygens (including phenoxy) is 6. The second-order valence-electron chi connectivity index (χ2n) is 18.9. The van der Waals surface area contributed by atoms with Gasteiger partial charge >= 0.3 is 30.1 Å². The van der Waals surface area contributed by atoms with Crippen molar-refractivity contribution in [1.29, 1.82) is 0 Å². The van der Waals surface area contributed by atoms with Crippen LogP contribution in [0.2, 0.25) is 0 Å². The minimum absolute atomic E-state index is 0.00727. The molecule has 0 radical (unpaired) electrons. The molecule has 3 N–H and O–H groups in total. The van der Waals surface area contributed by atoms with Crippen LogP contribution in [-0.4, -0.2) is 137 Å². The second-order valence-corrected chi connectivity index (χ2v) is 18.9. The third kappa shape index (κ3) is 19.4. The molecule has 0 aliphatic carbocycles. The standard InChI is InChI=1S/C19H27NO5.C16H18F3NO4.C11H15NO.C10H13NO/c1-5-23-17(21)13-24-16-7-6-14-8-10-20(11-9-15(14)12-16)18(22)25-19(2,3)4;1-2-23-14(21)10-24-13-4-3-11-5-7-20(8-6-12(11)9-13)15(22)16(17,18)19;1-13-11-3-2-9-4-6-12-7-5-10(9)8-11;12-10-2-1-8-3-5-11-6-4-9(8)7-10/h6-7,12H,5,8-11,13H2,1-4H3;3-4,9H,2,5-8,10H2,1H3;2-3,8,12H,4-7H2,1H3;1-2,7,11-12H,3-6H2. The highest BCUT2D eigenvalue weighted by Gasteiger charge is 2.42. The summed E-state index contributed by atoms with van der Waals surface area (Å²) in [7, 11) is 1.72. The number of esters is 2. The molecule has 0 unspecified atom stereocenters. The molecule has 0 saturated carbocycles. The zero-order chi connectivity index (χ0) is 53.7. The smallest absolute Gasteiger partial charge is 0.471 e. The van der Waals surface area contributed by atoms with Gasteiger partial charge in [0.05, 0.1) is 20.3 Å². The minimum atomic E-state index is -4.86. The zero-order valence-electron chi connectivity index (χ0n) is 43.6. The maximum absolute atomic E-state index is 12.5. The number of hydrogen-bond donors (Lipinski definition) is 3. The average molecular weight is 1040 g/mol. The van der Waals surface area contributed by atoms with Crippen molar-refractivity contribution in [3.8, 4) is 23.0 Å². The van der Waals surface area contributed by atoms with Gasteiger partial charge in [0.1, 0.15) is 28.6 Å². The van der Waals surface area contributed by atoms with Crippen molar-refractivity contribution in [3.63, 3.8) is 0 Å². The van der Waals surface area contributed by atoms with Crippen LogP contribution in [0.4, 0.5) is 18.0 Å². The van der Waals surface area contributed by atoms with Crippen molar-refractivity contribution >= 4 is 23.9 Å². The highest BCUT2D eigenvalue weighted by molar-refractivity contribution is 5.82. The number of carbonyl (C=O) groups excluding carboxylic acids is 4. The maximum atomic E-state index is 12.5. The molecular formula is C56H73F3N4O11. The van der Waals surface area contributed by atoms with Gasteiger partial charge in [-0.15, -0.1) is 0 Å². The predicted molar refractivity (Wildman–Crippen MR) is 274 cm³/mol. The summed E-state index contributed by atoms with van der Waals surface area (Å²) in [5.74, 6) is -0.247. The molecular weight excluding hydrogens is 962 g/mol. The quantitative estimate of drug-likeness (QED) is 0.111. The first-order chi connectivity index (χ1) is 35.3. The molecule has 0 fully saturated rings. The van der Waals surface area contributed by atoms with Crippen LogP contribution in [0.25, 0.3) is 0 Å². The van der Waals surface area contributed by atoms with E-state index in [2.05, 4.69) is 22.8 Å². The maximum Gasteiger partial charge on any atom is 0.471 e. The third-order valence-corrected chi connectivity index (χ3v) is 12.4. The Morgan fingerprint density at radius 3 is 1.36 bits per heavy atom. The normalized spacial score (nSPS) is 15.1. The molecule has 4 aliphatic rings. The summed E-state index contributed by atoms with van der Waals surface area (Å²) in [6.45, 7) is 14.8. The van der Waals surface area contributed by atoms with Gasteiger partial charge in [-0.25, -0.2) is 14.4 Å². The van der Waals surface area contributed by atoms with E-state index in [4.69, 9.17) is 28.4 Å². The Bertz CT molecular complexity index is 2480. The van der Waals surface area contributed by atoms with E-state index in [1.165, 1.54) is 27.8 Å². The summed E-state index contributed by atoms with van der Waals surface area (Å²) >= 11 is 0. The van der Waals surface area contributed by atoms with Crippen LogP contribution < -0.4 is 24.8 Å². The molecule has 15 nitrogen and oxygen atoms in total. The summed E-state index contributed by atoms with van der Waals surface area (Å²) in [5, 5.41) is 16.0. The van der Waals surface area contributed by atoms with E-state index in [0.717, 1.165) is 92.0 Å². The molecule has 0 bridgehead atoms. The molecule has 404 valence electrons. The van der Waals surface area contributed by atoms with Gasteiger partial charge in [-0.2, -0.15) is 13.2 Å². The first-order valence-electron chi connectivity index (χ1n) is 25.4. The Hall–Kier alpha value is -6.53. The number of aromatic hydroxyl groups is 1. The summed E-state index contributed by atoms with van der Waals surface area (Å²) in [6, 6.07) is 22.9. The summed E-state index contributed by atoms with van der Waals surface area (Å²) in [6.07, 6.45) is 1.37. The fraction of sp³-hybridized carbons (Fsp3) is 0.500. The third-order valence-electron chi connectivity index (χ3n) is 12.4. The van der Waals surface area contributed by atoms with E-state index in [0.29, 0.717) is 49.8 Å². The SMILES string of the molecule is CCOC(=O)COc1ccc2c(c1)CCN(C(=O)C(F)(F)F)CC2.CCOC(=O)COc1ccc2c(c1)CCN(C(=O)OC(C)(C)C)CC2.COc1ccc2c(c1)CCNCC2.Oc1ccc2c(c1)CCNCC2. The highest BCUT2D eigenvalue weighted by Crippen LogP contribution is 2.27. The molecule has 74 heavy (non-hydrogen) atoms. The second kappa shape index (κ2) is 28.8. The number of nitrogens with one attached hydrogen (secondary N) is 2. The fourth-order valence-corrected chi connectivity index (χ4v) is 8.60. The van der Waals surface area contributed by atoms with E-state index in [1.807, 2.05) is 57.2 Å². The first kappa shape index (κ1) is 58.4. The van der Waals surface area contributed by atoms with E-state index in [1.54, 1.807) is 50.1 Å². The number of hydrogen-bond acceptors (Lipinski definition) is 13. The van der Waals surface area contributed by atoms with Gasteiger partial charge in [-0.1, -0.05) is 24.3 Å². The molecule has 4 aromatic rings. The van der Waals surface area contributed by atoms with Crippen molar-refractivity contribution in [2.45, 2.75) is 97.8 Å². The Morgan fingerprint density at radius 1 is 0.541 bits per heavy atom. The summed E-state index contributed by atoms with van der Waals surface area (Å²) < 4.78 is 68.7. The fourth-order valence-electron chi connectivity index (χ4n) is 8.60. The number of benzene rings is 4. The Kier molecular flexibility index (Phi) is 22.7. The monoisotopic (exact) mass is 1030 g/mol. The molecule has 0 atom stereocenters. The van der Waals surface area contributed by atoms with Crippen LogP contribution >= 0.6 is 0 Å². The van der Waals surface area contributed by atoms with Gasteiger partial charge in [0.2, 0.25) is 0 Å². The van der Waals surface area contributed by atoms with E-state index in [9.17, 15) is 37.5 Å². The lowest BCUT2D eigenvalue weighted by molar-refractivity contribution is -0.185. The van der Waals surface area contributed by atoms with E-state index in [-0.39, 0.29) is 45.0 Å². The van der Waals surface area contributed by atoms with Gasteiger partial charge < -0.3 is 54.0 Å². The van der Waals surface area contributed by atoms with Gasteiger partial charge in [0.15, 0.2) is 13.2 Å². The number of carbonyl (C=O) groups is 4. The van der Waals surface area contributed by atoms with Crippen molar-refractivity contribution in [2.75, 3.05) is 85.9 Å². The van der Waals surface area contributed by atoms with Crippen LogP contribution in [0.15, 0.2) is 72.8 Å². The van der Waals surface area contributed by atoms with Crippen molar-refractivity contribution in [3.05, 3.63) is 117 Å². The lowest BCUT2D eigenvalue weighted by Gasteiger charge is -2.26. The molecule has 18 heteroatoms. The molecule has 4 aliphatic heterocycles. The Morgan fingerprint density at radius 2 is 0.919 bits per heavy atom. The molecule has 2 amide bonds. The number of nitrogens with zero attached hydrogens (tertiary/aromatic N) is 2. The number of rotatable bonds is 9. The lowest BCUT2D eigenvalue weighted by Crippen LogP contribution is -2.42. The zero-order valence-corrected chi connectivity index (χ0v) is 43.6. The highest BCUT2D eigenvalue weighted by atomic mass is 19.4. The van der Waals surface area contributed by atoms with E-state index >= 15 is 0 Å². The first-order valence-corrected chi connectivity index (χ1v) is 25.4. The Labute approximate surface area is 433 Å². The van der Waals surface area contributed by atoms with Gasteiger partial charge in [0, 0.05) is 26.2 Å². The average Bonchev–Trinajstić information content (AvgIpc) is 3.92. The molecule has 0 saturated heterocycles. The number of methoxy groups -OCH3 is 1. The number of phenolic OH excluding ortho intramolecular Hbond substituents is 1. The van der Waals surface area contributed by atoms with E-state index < -0.39 is 23.7 Å². The van der Waals surface area contributed by atoms with Crippen LogP contribution in [0.1, 0.15) is 79.1 Å². The minimum Gasteiger partial charge on any atom is -0.508 e. The largest absolute Gasteiger partial charge is 0.508 e. The number of fused-ring (bicyclic) bond motifs is 4. The summed E-state index contributed by atoms with van der Waals surface area (Å²) in [5.41, 5.74) is 9.07. The topological polar surface area (TPSA) is 174 Å². The van der Waals surface area contributed by atoms with Crippen molar-refractivity contribution < 1.29 is 65.9 Å². The molecule has 8 rings (SSSR count). The van der Waals surface area contributed by atoms with Gasteiger partial charge in [-0.3, -0.25) is 4.79 Å². The Balaban J connectivity index is 0.000000191. The van der Waals surface area contributed by atoms with Crippen LogP contribution in [0.5, 0.6) is 23.0 Å². The lowest BCUT2D eigenvalue weighted by atomic mass is 10.0. The number of alkyl halides is 3. The molecule has 0 spiro atoms. The molecule has 4 heterocycles. The molecule has 4 aromatic carbocycles. The van der Waals surface area contributed by atoms with Crippen molar-refractivity contribution in [1.82, 2.24) is 20.4 Å². The number of amides is 2. The number of halogens is 3. The predicted octanol–water partition coefficient (Wildman–Crippen LogP) is 7.55. The van der Waals surface area contributed by atoms with Crippen LogP contribution in [0, 0.1) is 0 Å². The summed E-state index contributed by atoms with van der Waals surface area (Å²) in [4.78, 5) is 48.8. The van der Waals surface area contributed by atoms with Crippen molar-refractivity contribution in [2.24, 2.45) is 0 Å². The van der Waals surface area contributed by atoms with Gasteiger partial charge in [0.25, 0.3) is 0 Å².